The number of aryl methyl sites for hydroxylation is 3. The van der Waals surface area contributed by atoms with E-state index < -0.39 is 0 Å². The number of aromatic nitrogens is 1. The molecule has 32 heavy (non-hydrogen) atoms. The van der Waals surface area contributed by atoms with Crippen molar-refractivity contribution in [1.29, 1.82) is 0 Å². The summed E-state index contributed by atoms with van der Waals surface area (Å²) >= 11 is 0. The molecule has 154 valence electrons. The molecule has 0 saturated heterocycles. The van der Waals surface area contributed by atoms with Crippen molar-refractivity contribution in [2.75, 3.05) is 0 Å². The van der Waals surface area contributed by atoms with Crippen molar-refractivity contribution in [3.63, 3.8) is 0 Å². The fourth-order valence-corrected chi connectivity index (χ4v) is 5.02. The first-order valence-corrected chi connectivity index (χ1v) is 11.0. The van der Waals surface area contributed by atoms with Crippen molar-refractivity contribution in [2.45, 2.75) is 20.8 Å². The summed E-state index contributed by atoms with van der Waals surface area (Å²) in [4.78, 5) is 4.73. The number of benzene rings is 4. The van der Waals surface area contributed by atoms with Crippen molar-refractivity contribution < 1.29 is 4.42 Å². The molecular formula is C30H23NO. The molecule has 0 N–H and O–H groups in total. The molecule has 0 aliphatic carbocycles. The van der Waals surface area contributed by atoms with E-state index in [-0.39, 0.29) is 0 Å². The summed E-state index contributed by atoms with van der Waals surface area (Å²) in [7, 11) is 0. The van der Waals surface area contributed by atoms with Gasteiger partial charge in [0.15, 0.2) is 0 Å². The molecule has 4 aromatic carbocycles. The summed E-state index contributed by atoms with van der Waals surface area (Å²) in [5.41, 5.74) is 10.1. The number of para-hydroxylation sites is 1. The smallest absolute Gasteiger partial charge is 0.144 e. The highest BCUT2D eigenvalue weighted by molar-refractivity contribution is 6.10. The highest BCUT2D eigenvalue weighted by Crippen LogP contribution is 2.38. The average Bonchev–Trinajstić information content (AvgIpc) is 3.16. The van der Waals surface area contributed by atoms with Crippen LogP contribution in [0.2, 0.25) is 0 Å². The molecule has 0 amide bonds. The molecule has 0 unspecified atom stereocenters. The van der Waals surface area contributed by atoms with E-state index in [0.717, 1.165) is 38.6 Å². The summed E-state index contributed by atoms with van der Waals surface area (Å²) in [5.74, 6) is 0. The van der Waals surface area contributed by atoms with Crippen LogP contribution in [0.1, 0.15) is 16.7 Å². The van der Waals surface area contributed by atoms with Crippen LogP contribution in [0.4, 0.5) is 0 Å². The van der Waals surface area contributed by atoms with Crippen LogP contribution in [-0.2, 0) is 0 Å². The van der Waals surface area contributed by atoms with Crippen molar-refractivity contribution in [2.24, 2.45) is 0 Å². The van der Waals surface area contributed by atoms with Gasteiger partial charge in [-0.15, -0.1) is 0 Å². The summed E-state index contributed by atoms with van der Waals surface area (Å²) in [6.45, 7) is 6.51. The van der Waals surface area contributed by atoms with Gasteiger partial charge in [0.05, 0.1) is 5.69 Å². The van der Waals surface area contributed by atoms with Gasteiger partial charge in [-0.2, -0.15) is 0 Å². The van der Waals surface area contributed by atoms with Crippen LogP contribution in [0.25, 0.3) is 55.1 Å². The van der Waals surface area contributed by atoms with Gasteiger partial charge in [0.2, 0.25) is 0 Å². The third-order valence-electron chi connectivity index (χ3n) is 6.37. The first kappa shape index (κ1) is 18.8. The van der Waals surface area contributed by atoms with Crippen LogP contribution in [0.5, 0.6) is 0 Å². The molecule has 0 saturated carbocycles. The monoisotopic (exact) mass is 413 g/mol. The molecule has 0 atom stereocenters. The van der Waals surface area contributed by atoms with E-state index in [9.17, 15) is 0 Å². The molecule has 6 aromatic rings. The highest BCUT2D eigenvalue weighted by Gasteiger charge is 2.15. The first-order valence-electron chi connectivity index (χ1n) is 11.0. The zero-order valence-electron chi connectivity index (χ0n) is 18.4. The van der Waals surface area contributed by atoms with Crippen molar-refractivity contribution >= 4 is 32.7 Å². The van der Waals surface area contributed by atoms with Gasteiger partial charge in [-0.05, 0) is 72.7 Å². The van der Waals surface area contributed by atoms with Gasteiger partial charge in [0.1, 0.15) is 11.2 Å². The molecule has 0 aliphatic heterocycles. The van der Waals surface area contributed by atoms with E-state index >= 15 is 0 Å². The zero-order chi connectivity index (χ0) is 21.8. The van der Waals surface area contributed by atoms with Crippen molar-refractivity contribution in [3.05, 3.63) is 102 Å². The van der Waals surface area contributed by atoms with Gasteiger partial charge >= 0.3 is 0 Å². The molecule has 0 spiro atoms. The van der Waals surface area contributed by atoms with Gasteiger partial charge in [-0.3, -0.25) is 4.98 Å². The second-order valence-electron chi connectivity index (χ2n) is 8.69. The third-order valence-corrected chi connectivity index (χ3v) is 6.37. The second kappa shape index (κ2) is 7.06. The van der Waals surface area contributed by atoms with E-state index in [1.807, 2.05) is 12.3 Å². The minimum absolute atomic E-state index is 0.889. The molecule has 0 aliphatic rings. The Hall–Kier alpha value is -3.91. The predicted octanol–water partition coefficient (Wildman–Crippen LogP) is 8.39. The Bertz CT molecular complexity index is 1630. The minimum atomic E-state index is 0.889. The Balaban J connectivity index is 1.56. The molecular weight excluding hydrogens is 390 g/mol. The average molecular weight is 414 g/mol. The van der Waals surface area contributed by atoms with Crippen LogP contribution >= 0.6 is 0 Å². The fourth-order valence-electron chi connectivity index (χ4n) is 5.02. The molecule has 6 rings (SSSR count). The molecule has 2 nitrogen and oxygen atoms in total. The summed E-state index contributed by atoms with van der Waals surface area (Å²) in [6.07, 6.45) is 1.94. The van der Waals surface area contributed by atoms with Gasteiger partial charge in [0.25, 0.3) is 0 Å². The Morgan fingerprint density at radius 2 is 1.47 bits per heavy atom. The van der Waals surface area contributed by atoms with E-state index in [0.29, 0.717) is 0 Å². The molecule has 2 heteroatoms. The van der Waals surface area contributed by atoms with E-state index in [4.69, 9.17) is 9.40 Å². The van der Waals surface area contributed by atoms with Gasteiger partial charge < -0.3 is 4.42 Å². The van der Waals surface area contributed by atoms with E-state index in [1.165, 1.54) is 33.2 Å². The number of pyridine rings is 1. The minimum Gasteiger partial charge on any atom is -0.455 e. The second-order valence-corrected chi connectivity index (χ2v) is 8.69. The van der Waals surface area contributed by atoms with Gasteiger partial charge in [0, 0.05) is 27.9 Å². The van der Waals surface area contributed by atoms with Crippen LogP contribution in [0.15, 0.2) is 89.5 Å². The quantitative estimate of drug-likeness (QED) is 0.285. The van der Waals surface area contributed by atoms with Gasteiger partial charge in [-0.1, -0.05) is 60.2 Å². The number of fused-ring (bicyclic) bond motifs is 4. The van der Waals surface area contributed by atoms with Crippen LogP contribution < -0.4 is 0 Å². The molecule has 0 radical (unpaired) electrons. The van der Waals surface area contributed by atoms with Crippen LogP contribution in [-0.4, -0.2) is 4.98 Å². The maximum Gasteiger partial charge on any atom is 0.144 e. The number of furan rings is 1. The lowest BCUT2D eigenvalue weighted by molar-refractivity contribution is 0.670. The number of hydrogen-bond donors (Lipinski definition) is 0. The zero-order valence-corrected chi connectivity index (χ0v) is 18.4. The Morgan fingerprint density at radius 3 is 2.28 bits per heavy atom. The van der Waals surface area contributed by atoms with E-state index in [1.54, 1.807) is 0 Å². The van der Waals surface area contributed by atoms with Gasteiger partial charge in [-0.25, -0.2) is 0 Å². The largest absolute Gasteiger partial charge is 0.455 e. The number of nitrogens with zero attached hydrogens (tertiary/aromatic N) is 1. The standard InChI is InChI=1S/C30H23NO/c1-18-13-19(2)29(20(3)14-18)22-11-12-24-25-9-6-10-26(30(25)32-28(24)16-22)27-15-21-7-4-5-8-23(21)17-31-27/h4-17H,1-3H3. The van der Waals surface area contributed by atoms with Crippen molar-refractivity contribution in [1.82, 2.24) is 4.98 Å². The molecule has 0 bridgehead atoms. The fraction of sp³-hybridized carbons (Fsp3) is 0.100. The predicted molar refractivity (Wildman–Crippen MR) is 134 cm³/mol. The lowest BCUT2D eigenvalue weighted by Crippen LogP contribution is -1.89. The van der Waals surface area contributed by atoms with Crippen LogP contribution in [0.3, 0.4) is 0 Å². The number of hydrogen-bond acceptors (Lipinski definition) is 2. The molecule has 2 heterocycles. The maximum atomic E-state index is 6.48. The Labute approximate surface area is 187 Å². The maximum absolute atomic E-state index is 6.48. The molecule has 2 aromatic heterocycles. The SMILES string of the molecule is Cc1cc(C)c(-c2ccc3c(c2)oc2c(-c4cc5ccccc5cn4)cccc23)c(C)c1. The highest BCUT2D eigenvalue weighted by atomic mass is 16.3. The summed E-state index contributed by atoms with van der Waals surface area (Å²) in [6, 6.07) is 27.8. The topological polar surface area (TPSA) is 26.0 Å². The van der Waals surface area contributed by atoms with Crippen molar-refractivity contribution in [3.8, 4) is 22.4 Å². The Kier molecular flexibility index (Phi) is 4.16. The summed E-state index contributed by atoms with van der Waals surface area (Å²) in [5, 5.41) is 4.57. The van der Waals surface area contributed by atoms with Crippen LogP contribution in [0, 0.1) is 20.8 Å². The van der Waals surface area contributed by atoms with E-state index in [2.05, 4.69) is 93.6 Å². The first-order chi connectivity index (χ1) is 15.6. The lowest BCUT2D eigenvalue weighted by Gasteiger charge is -2.11. The lowest BCUT2D eigenvalue weighted by atomic mass is 9.93. The third kappa shape index (κ3) is 2.91. The Morgan fingerprint density at radius 1 is 0.688 bits per heavy atom. The molecule has 0 fully saturated rings. The normalized spacial score (nSPS) is 11.6. The summed E-state index contributed by atoms with van der Waals surface area (Å²) < 4.78 is 6.48. The number of rotatable bonds is 2.